The number of hydrogen-bond donors (Lipinski definition) is 0. The molecule has 0 N–H and O–H groups in total. The molecular weight excluding hydrogens is 297 g/mol. The van der Waals surface area contributed by atoms with Gasteiger partial charge in [0.2, 0.25) is 0 Å². The summed E-state index contributed by atoms with van der Waals surface area (Å²) in [7, 11) is 1.72. The molecule has 102 valence electrons. The standard InChI is InChI=1S/C11H12BF3N3O.K/c1-8-5-9(12(13,14)15)3-4-10(8)19-6-11-16-7-17-18(11)2;/h3-5,7H,6H2,1-2H3;/q-1;+1. The van der Waals surface area contributed by atoms with Crippen molar-refractivity contribution in [2.45, 2.75) is 13.5 Å². The van der Waals surface area contributed by atoms with E-state index in [0.29, 0.717) is 17.1 Å². The van der Waals surface area contributed by atoms with Crippen molar-refractivity contribution in [3.05, 3.63) is 35.9 Å². The molecule has 2 rings (SSSR count). The number of aromatic nitrogens is 3. The van der Waals surface area contributed by atoms with Crippen molar-refractivity contribution in [3.63, 3.8) is 0 Å². The monoisotopic (exact) mass is 309 g/mol. The number of ether oxygens (including phenoxy) is 1. The zero-order valence-electron chi connectivity index (χ0n) is 11.5. The number of aryl methyl sites for hydroxylation is 2. The number of benzene rings is 1. The molecule has 0 radical (unpaired) electrons. The molecule has 1 aromatic carbocycles. The molecule has 0 aliphatic heterocycles. The van der Waals surface area contributed by atoms with Crippen molar-refractivity contribution in [1.82, 2.24) is 14.8 Å². The van der Waals surface area contributed by atoms with Crippen LogP contribution in [0.1, 0.15) is 11.4 Å². The second-order valence-electron chi connectivity index (χ2n) is 4.19. The van der Waals surface area contributed by atoms with Crippen LogP contribution in [-0.2, 0) is 13.7 Å². The van der Waals surface area contributed by atoms with E-state index >= 15 is 0 Å². The maximum absolute atomic E-state index is 12.6. The summed E-state index contributed by atoms with van der Waals surface area (Å²) >= 11 is 0. The van der Waals surface area contributed by atoms with Crippen molar-refractivity contribution in [2.75, 3.05) is 0 Å². The Morgan fingerprint density at radius 3 is 2.50 bits per heavy atom. The van der Waals surface area contributed by atoms with E-state index in [-0.39, 0.29) is 58.0 Å². The summed E-state index contributed by atoms with van der Waals surface area (Å²) in [5.41, 5.74) is -0.178. The molecule has 0 aliphatic rings. The molecule has 0 aliphatic carbocycles. The van der Waals surface area contributed by atoms with Gasteiger partial charge in [0.1, 0.15) is 18.7 Å². The fourth-order valence-electron chi connectivity index (χ4n) is 1.63. The van der Waals surface area contributed by atoms with E-state index in [0.717, 1.165) is 12.1 Å². The Kier molecular flexibility index (Phi) is 6.27. The summed E-state index contributed by atoms with van der Waals surface area (Å²) < 4.78 is 44.7. The maximum atomic E-state index is 12.6. The normalized spacial score (nSPS) is 11.1. The van der Waals surface area contributed by atoms with Crippen LogP contribution in [0, 0.1) is 6.92 Å². The van der Waals surface area contributed by atoms with E-state index in [1.54, 1.807) is 18.7 Å². The maximum Gasteiger partial charge on any atom is 1.00 e. The van der Waals surface area contributed by atoms with Crippen LogP contribution in [0.15, 0.2) is 24.5 Å². The van der Waals surface area contributed by atoms with Crippen LogP contribution in [0.5, 0.6) is 5.75 Å². The third kappa shape index (κ3) is 4.32. The summed E-state index contributed by atoms with van der Waals surface area (Å²) in [5.74, 6) is 1.01. The fourth-order valence-corrected chi connectivity index (χ4v) is 1.63. The molecule has 0 unspecified atom stereocenters. The van der Waals surface area contributed by atoms with Gasteiger partial charge in [0.15, 0.2) is 5.82 Å². The molecule has 0 spiro atoms. The van der Waals surface area contributed by atoms with Gasteiger partial charge in [0, 0.05) is 7.05 Å². The van der Waals surface area contributed by atoms with E-state index < -0.39 is 12.4 Å². The third-order valence-corrected chi connectivity index (χ3v) is 2.74. The van der Waals surface area contributed by atoms with Crippen LogP contribution in [0.2, 0.25) is 0 Å². The molecule has 9 heteroatoms. The smallest absolute Gasteiger partial charge is 0.485 e. The molecule has 1 heterocycles. The number of hydrogen-bond acceptors (Lipinski definition) is 3. The molecule has 4 nitrogen and oxygen atoms in total. The van der Waals surface area contributed by atoms with Crippen LogP contribution in [0.25, 0.3) is 0 Å². The Labute approximate surface area is 157 Å². The van der Waals surface area contributed by atoms with Gasteiger partial charge in [-0.2, -0.15) is 5.10 Å². The topological polar surface area (TPSA) is 39.9 Å². The minimum Gasteiger partial charge on any atom is -0.485 e. The molecule has 0 fully saturated rings. The Bertz CT molecular complexity index is 589. The quantitative estimate of drug-likeness (QED) is 0.664. The summed E-state index contributed by atoms with van der Waals surface area (Å²) in [6.07, 6.45) is 1.39. The Morgan fingerprint density at radius 1 is 1.30 bits per heavy atom. The second-order valence-corrected chi connectivity index (χ2v) is 4.19. The van der Waals surface area contributed by atoms with Crippen LogP contribution in [0.3, 0.4) is 0 Å². The molecule has 0 amide bonds. The first-order valence-corrected chi connectivity index (χ1v) is 5.64. The van der Waals surface area contributed by atoms with Gasteiger partial charge in [-0.05, 0) is 18.6 Å². The second kappa shape index (κ2) is 7.08. The number of nitrogens with zero attached hydrogens (tertiary/aromatic N) is 3. The van der Waals surface area contributed by atoms with Crippen molar-refractivity contribution in [2.24, 2.45) is 7.05 Å². The molecule has 0 bridgehead atoms. The first kappa shape index (κ1) is 17.7. The molecule has 0 saturated heterocycles. The van der Waals surface area contributed by atoms with Crippen LogP contribution >= 0.6 is 0 Å². The summed E-state index contributed by atoms with van der Waals surface area (Å²) in [5, 5.41) is 3.88. The van der Waals surface area contributed by atoms with E-state index in [1.165, 1.54) is 12.4 Å². The van der Waals surface area contributed by atoms with Crippen LogP contribution in [-0.4, -0.2) is 21.7 Å². The summed E-state index contributed by atoms with van der Waals surface area (Å²) in [6.45, 7) is -3.24. The molecule has 20 heavy (non-hydrogen) atoms. The van der Waals surface area contributed by atoms with Gasteiger partial charge in [-0.15, -0.1) is 5.46 Å². The van der Waals surface area contributed by atoms with Gasteiger partial charge < -0.3 is 17.7 Å². The molecule has 2 aromatic rings. The SMILES string of the molecule is Cc1cc([B-](F)(F)F)ccc1OCc1ncnn1C.[K+]. The van der Waals surface area contributed by atoms with Gasteiger partial charge in [-0.25, -0.2) is 4.98 Å². The summed E-state index contributed by atoms with van der Waals surface area (Å²) in [4.78, 5) is 3.97. The van der Waals surface area contributed by atoms with E-state index in [4.69, 9.17) is 4.74 Å². The van der Waals surface area contributed by atoms with Crippen molar-refractivity contribution in [3.8, 4) is 5.75 Å². The first-order valence-electron chi connectivity index (χ1n) is 5.64. The van der Waals surface area contributed by atoms with Gasteiger partial charge in [-0.3, -0.25) is 4.68 Å². The Morgan fingerprint density at radius 2 is 2.00 bits per heavy atom. The number of halogens is 3. The zero-order valence-corrected chi connectivity index (χ0v) is 14.6. The third-order valence-electron chi connectivity index (χ3n) is 2.74. The number of rotatable bonds is 4. The minimum absolute atomic E-state index is 0. The van der Waals surface area contributed by atoms with Crippen molar-refractivity contribution in [1.29, 1.82) is 0 Å². The first-order chi connectivity index (χ1) is 8.88. The van der Waals surface area contributed by atoms with Crippen LogP contribution < -0.4 is 61.6 Å². The fraction of sp³-hybridized carbons (Fsp3) is 0.273. The van der Waals surface area contributed by atoms with Crippen molar-refractivity contribution >= 4 is 12.4 Å². The van der Waals surface area contributed by atoms with Gasteiger partial charge in [0.25, 0.3) is 0 Å². The van der Waals surface area contributed by atoms with Gasteiger partial charge in [-0.1, -0.05) is 12.1 Å². The molecular formula is C11H12BF3KN3O. The Hall–Kier alpha value is -0.349. The van der Waals surface area contributed by atoms with E-state index in [2.05, 4.69) is 10.1 Å². The van der Waals surface area contributed by atoms with Gasteiger partial charge in [0.05, 0.1) is 0 Å². The predicted molar refractivity (Wildman–Crippen MR) is 65.2 cm³/mol. The molecule has 0 saturated carbocycles. The largest absolute Gasteiger partial charge is 1.00 e. The van der Waals surface area contributed by atoms with E-state index in [9.17, 15) is 12.9 Å². The van der Waals surface area contributed by atoms with E-state index in [1.807, 2.05) is 0 Å². The minimum atomic E-state index is -4.98. The van der Waals surface area contributed by atoms with Crippen LogP contribution in [0.4, 0.5) is 12.9 Å². The predicted octanol–water partition coefficient (Wildman–Crippen LogP) is -1.24. The van der Waals surface area contributed by atoms with Crippen molar-refractivity contribution < 1.29 is 69.1 Å². The van der Waals surface area contributed by atoms with Gasteiger partial charge >= 0.3 is 58.4 Å². The summed E-state index contributed by atoms with van der Waals surface area (Å²) in [6, 6.07) is 3.45. The average Bonchev–Trinajstić information content (AvgIpc) is 2.72. The molecule has 1 aromatic heterocycles. The Balaban J connectivity index is 0.00000200. The zero-order chi connectivity index (χ0) is 14.0. The molecule has 0 atom stereocenters. The average molecular weight is 309 g/mol.